The minimum Gasteiger partial charge on any atom is -0.481 e. The van der Waals surface area contributed by atoms with Gasteiger partial charge in [0.1, 0.15) is 6.04 Å². The van der Waals surface area contributed by atoms with Crippen molar-refractivity contribution in [1.82, 2.24) is 35.1 Å². The fourth-order valence-electron chi connectivity index (χ4n) is 5.68. The number of para-hydroxylation sites is 1. The van der Waals surface area contributed by atoms with Crippen LogP contribution in [0.1, 0.15) is 60.6 Å². The number of aliphatic carboxylic acids is 1. The van der Waals surface area contributed by atoms with Gasteiger partial charge < -0.3 is 39.1 Å². The molecule has 2 N–H and O–H groups in total. The highest BCUT2D eigenvalue weighted by Crippen LogP contribution is 2.32. The predicted octanol–water partition coefficient (Wildman–Crippen LogP) is 2.11. The summed E-state index contributed by atoms with van der Waals surface area (Å²) in [6.07, 6.45) is 0.131. The Morgan fingerprint density at radius 2 is 1.82 bits per heavy atom. The number of ether oxygens (including phenoxy) is 2. The van der Waals surface area contributed by atoms with Crippen molar-refractivity contribution in [3.63, 3.8) is 0 Å². The van der Waals surface area contributed by atoms with Crippen molar-refractivity contribution in [2.24, 2.45) is 0 Å². The number of nitrogens with zero attached hydrogens (tertiary/aromatic N) is 6. The molecule has 2 aliphatic heterocycles. The maximum Gasteiger partial charge on any atom is 0.527 e. The van der Waals surface area contributed by atoms with E-state index in [2.05, 4.69) is 15.6 Å². The minimum absolute atomic E-state index is 0.108. The van der Waals surface area contributed by atoms with Gasteiger partial charge in [0.05, 0.1) is 37.1 Å². The third kappa shape index (κ3) is 8.92. The van der Waals surface area contributed by atoms with E-state index in [1.807, 2.05) is 19.1 Å². The van der Waals surface area contributed by atoms with Gasteiger partial charge in [-0.3, -0.25) is 19.2 Å². The molecule has 0 unspecified atom stereocenters. The van der Waals surface area contributed by atoms with Crippen molar-refractivity contribution in [2.45, 2.75) is 51.6 Å². The number of aromatic nitrogens is 3. The molecule has 3 aromatic rings. The lowest BCUT2D eigenvalue weighted by atomic mass is 10.1. The number of hydrogen-bond acceptors (Lipinski definition) is 12. The first-order chi connectivity index (χ1) is 23.6. The normalized spacial score (nSPS) is 17.0. The molecule has 0 radical (unpaired) electrons. The molecule has 2 aliphatic rings. The number of carbonyl (C=O) groups is 5. The van der Waals surface area contributed by atoms with Crippen molar-refractivity contribution in [3.05, 3.63) is 59.6 Å². The van der Waals surface area contributed by atoms with Crippen LogP contribution in [0.3, 0.4) is 0 Å². The van der Waals surface area contributed by atoms with Crippen molar-refractivity contribution in [3.8, 4) is 11.6 Å². The summed E-state index contributed by atoms with van der Waals surface area (Å²) in [6, 6.07) is 10.6. The first kappa shape index (κ1) is 34.9. The number of carboxylic acid groups (broad SMARTS) is 1. The molecule has 4 heterocycles. The van der Waals surface area contributed by atoms with E-state index in [1.165, 1.54) is 20.7 Å². The molecule has 49 heavy (non-hydrogen) atoms. The van der Waals surface area contributed by atoms with E-state index in [-0.39, 0.29) is 75.8 Å². The summed E-state index contributed by atoms with van der Waals surface area (Å²) in [7, 11) is 0. The van der Waals surface area contributed by atoms with Gasteiger partial charge in [-0.05, 0) is 45.2 Å². The van der Waals surface area contributed by atoms with Gasteiger partial charge in [0.25, 0.3) is 11.8 Å². The fourth-order valence-corrected chi connectivity index (χ4v) is 5.68. The van der Waals surface area contributed by atoms with Crippen molar-refractivity contribution >= 4 is 29.8 Å². The van der Waals surface area contributed by atoms with E-state index in [9.17, 15) is 29.1 Å². The van der Waals surface area contributed by atoms with E-state index in [4.69, 9.17) is 18.8 Å². The lowest BCUT2D eigenvalue weighted by molar-refractivity contribution is -0.157. The molecule has 0 bridgehead atoms. The number of carbonyl (C=O) groups excluding carboxylic acids is 4. The molecule has 1 aromatic carbocycles. The van der Waals surface area contributed by atoms with E-state index in [0.29, 0.717) is 18.0 Å². The summed E-state index contributed by atoms with van der Waals surface area (Å²) in [5.74, 6) is -1.92. The number of likely N-dealkylation sites (tertiary alicyclic amines) is 1. The van der Waals surface area contributed by atoms with Crippen LogP contribution in [-0.2, 0) is 24.0 Å². The Kier molecular flexibility index (Phi) is 11.5. The van der Waals surface area contributed by atoms with Gasteiger partial charge in [0.2, 0.25) is 11.8 Å². The molecule has 2 fully saturated rings. The number of aryl methyl sites for hydroxylation is 1. The summed E-state index contributed by atoms with van der Waals surface area (Å²) >= 11 is 0. The Balaban J connectivity index is 1.28. The van der Waals surface area contributed by atoms with E-state index < -0.39 is 30.0 Å². The maximum absolute atomic E-state index is 13.5. The third-order valence-corrected chi connectivity index (χ3v) is 8.07. The molecule has 2 aromatic heterocycles. The van der Waals surface area contributed by atoms with Crippen molar-refractivity contribution in [1.29, 1.82) is 0 Å². The highest BCUT2D eigenvalue weighted by molar-refractivity contribution is 5.96. The number of amides is 3. The molecule has 0 aliphatic carbocycles. The summed E-state index contributed by atoms with van der Waals surface area (Å²) in [5, 5.41) is 21.7. The molecule has 2 saturated heterocycles. The van der Waals surface area contributed by atoms with Crippen LogP contribution in [0.25, 0.3) is 5.69 Å². The minimum atomic E-state index is -1.18. The van der Waals surface area contributed by atoms with Gasteiger partial charge in [-0.25, -0.2) is 9.48 Å². The zero-order chi connectivity index (χ0) is 34.9. The zero-order valence-electron chi connectivity index (χ0n) is 27.3. The maximum atomic E-state index is 13.5. The van der Waals surface area contributed by atoms with Gasteiger partial charge in [-0.2, -0.15) is 5.10 Å². The Hall–Kier alpha value is -5.45. The first-order valence-electron chi connectivity index (χ1n) is 16.0. The van der Waals surface area contributed by atoms with E-state index >= 15 is 0 Å². The molecular weight excluding hydrogens is 642 g/mol. The topological polar surface area (TPSA) is 199 Å². The number of piperazine rings is 1. The Morgan fingerprint density at radius 1 is 1.06 bits per heavy atom. The average molecular weight is 682 g/mol. The number of hydroxylamine groups is 2. The second kappa shape index (κ2) is 16.1. The molecule has 262 valence electrons. The predicted molar refractivity (Wildman–Crippen MR) is 168 cm³/mol. The highest BCUT2D eigenvalue weighted by atomic mass is 16.8. The molecule has 0 saturated carbocycles. The second-order valence-corrected chi connectivity index (χ2v) is 11.5. The number of carboxylic acids is 1. The van der Waals surface area contributed by atoms with Gasteiger partial charge >= 0.3 is 12.1 Å². The second-order valence-electron chi connectivity index (χ2n) is 11.5. The van der Waals surface area contributed by atoms with E-state index in [1.54, 1.807) is 36.1 Å². The van der Waals surface area contributed by atoms with Gasteiger partial charge in [0, 0.05) is 38.2 Å². The lowest BCUT2D eigenvalue weighted by Gasteiger charge is -2.35. The Morgan fingerprint density at radius 3 is 2.49 bits per heavy atom. The molecule has 0 spiro atoms. The first-order valence-corrected chi connectivity index (χ1v) is 16.0. The lowest BCUT2D eigenvalue weighted by Crippen LogP contribution is -2.55. The van der Waals surface area contributed by atoms with Crippen LogP contribution in [0.15, 0.2) is 47.0 Å². The van der Waals surface area contributed by atoms with E-state index in [0.717, 1.165) is 18.5 Å². The van der Waals surface area contributed by atoms with Gasteiger partial charge in [-0.1, -0.05) is 23.4 Å². The highest BCUT2D eigenvalue weighted by Gasteiger charge is 2.34. The van der Waals surface area contributed by atoms with Crippen molar-refractivity contribution in [2.75, 3.05) is 45.9 Å². The molecule has 5 rings (SSSR count). The Bertz CT molecular complexity index is 1630. The van der Waals surface area contributed by atoms with Crippen LogP contribution in [0.4, 0.5) is 4.79 Å². The zero-order valence-corrected chi connectivity index (χ0v) is 27.3. The third-order valence-electron chi connectivity index (χ3n) is 8.07. The quantitative estimate of drug-likeness (QED) is 0.249. The summed E-state index contributed by atoms with van der Waals surface area (Å²) in [6.45, 7) is 4.53. The molecule has 2 atom stereocenters. The number of benzene rings is 1. The van der Waals surface area contributed by atoms with Crippen molar-refractivity contribution < 1.29 is 47.9 Å². The summed E-state index contributed by atoms with van der Waals surface area (Å²) in [4.78, 5) is 71.6. The number of hydrogen-bond donors (Lipinski definition) is 2. The Labute approximate surface area is 281 Å². The van der Waals surface area contributed by atoms with Crippen LogP contribution in [0.5, 0.6) is 5.88 Å². The SMILES string of the molecule is CCOC(=O)ON1CCN(C(=O)[C@H](CCC(=O)O)NC(=O)c2cc(OCC(=O)N3CCC[C@H]3c3cc(C)no3)n(-c3ccccc3)n2)CC1. The summed E-state index contributed by atoms with van der Waals surface area (Å²) < 4.78 is 17.5. The molecule has 17 heteroatoms. The van der Waals surface area contributed by atoms with Gasteiger partial charge in [-0.15, -0.1) is 5.06 Å². The van der Waals surface area contributed by atoms with Crippen LogP contribution < -0.4 is 10.1 Å². The van der Waals surface area contributed by atoms with Crippen LogP contribution in [0, 0.1) is 6.92 Å². The summed E-state index contributed by atoms with van der Waals surface area (Å²) in [5.41, 5.74) is 1.17. The molecule has 3 amide bonds. The largest absolute Gasteiger partial charge is 0.527 e. The molecular formula is C32H39N7O10. The molecule has 17 nitrogen and oxygen atoms in total. The smallest absolute Gasteiger partial charge is 0.481 e. The fraction of sp³-hybridized carbons (Fsp3) is 0.469. The average Bonchev–Trinajstić information content (AvgIpc) is 3.86. The van der Waals surface area contributed by atoms with Gasteiger partial charge in [0.15, 0.2) is 18.1 Å². The number of rotatable bonds is 13. The number of nitrogens with one attached hydrogen (secondary N) is 1. The standard InChI is InChI=1S/C32H39N7O10/c1-3-46-32(45)49-37-16-14-36(15-17-37)31(44)23(11-12-29(41)42)33-30(43)24-19-28(39(34-24)22-8-5-4-6-9-22)47-20-27(40)38-13-7-10-25(38)26-18-21(2)35-48-26/h4-6,8-9,18-19,23,25H,3,7,10-17,20H2,1-2H3,(H,33,43)(H,41,42)/t23-,25-/m0/s1. The van der Waals surface area contributed by atoms with Crippen LogP contribution >= 0.6 is 0 Å². The van der Waals surface area contributed by atoms with Crippen LogP contribution in [0.2, 0.25) is 0 Å². The van der Waals surface area contributed by atoms with Crippen LogP contribution in [-0.4, -0.2) is 117 Å². The monoisotopic (exact) mass is 681 g/mol.